The van der Waals surface area contributed by atoms with Gasteiger partial charge in [-0.3, -0.25) is 4.79 Å². The summed E-state index contributed by atoms with van der Waals surface area (Å²) in [5, 5.41) is 3.43. The van der Waals surface area contributed by atoms with Gasteiger partial charge in [0, 0.05) is 10.7 Å². The standard InChI is InChI=1S/C15H15ClN2O2/c1-20-14-7-6-12(17)9-13(14)18-15(19)8-10-2-4-11(16)5-3-10/h2-7,9H,8,17H2,1H3,(H,18,19). The zero-order valence-corrected chi connectivity index (χ0v) is 11.8. The first-order chi connectivity index (χ1) is 9.58. The summed E-state index contributed by atoms with van der Waals surface area (Å²) in [6, 6.07) is 12.2. The van der Waals surface area contributed by atoms with Crippen LogP contribution in [0.2, 0.25) is 5.02 Å². The van der Waals surface area contributed by atoms with Crippen LogP contribution in [0.3, 0.4) is 0 Å². The van der Waals surface area contributed by atoms with Crippen LogP contribution in [0.4, 0.5) is 11.4 Å². The third-order valence-electron chi connectivity index (χ3n) is 2.78. The number of halogens is 1. The van der Waals surface area contributed by atoms with Crippen LogP contribution >= 0.6 is 11.6 Å². The summed E-state index contributed by atoms with van der Waals surface area (Å²) in [5.74, 6) is 0.430. The maximum Gasteiger partial charge on any atom is 0.228 e. The molecule has 0 spiro atoms. The van der Waals surface area contributed by atoms with Gasteiger partial charge in [-0.1, -0.05) is 23.7 Å². The maximum atomic E-state index is 12.0. The molecule has 0 heterocycles. The number of nitrogens with one attached hydrogen (secondary N) is 1. The Bertz CT molecular complexity index is 612. The van der Waals surface area contributed by atoms with Crippen molar-refractivity contribution < 1.29 is 9.53 Å². The van der Waals surface area contributed by atoms with E-state index in [0.29, 0.717) is 22.1 Å². The minimum Gasteiger partial charge on any atom is -0.495 e. The van der Waals surface area contributed by atoms with Crippen LogP contribution in [-0.2, 0) is 11.2 Å². The van der Waals surface area contributed by atoms with E-state index in [-0.39, 0.29) is 12.3 Å². The van der Waals surface area contributed by atoms with Gasteiger partial charge in [0.25, 0.3) is 0 Å². The zero-order valence-electron chi connectivity index (χ0n) is 11.0. The molecule has 0 aliphatic heterocycles. The van der Waals surface area contributed by atoms with E-state index < -0.39 is 0 Å². The third kappa shape index (κ3) is 3.65. The lowest BCUT2D eigenvalue weighted by Crippen LogP contribution is -2.15. The van der Waals surface area contributed by atoms with Crippen LogP contribution in [0.15, 0.2) is 42.5 Å². The Morgan fingerprint density at radius 1 is 1.25 bits per heavy atom. The van der Waals surface area contributed by atoms with Gasteiger partial charge in [-0.25, -0.2) is 0 Å². The molecule has 1 amide bonds. The average Bonchev–Trinajstić information content (AvgIpc) is 2.41. The van der Waals surface area contributed by atoms with Crippen molar-refractivity contribution in [3.63, 3.8) is 0 Å². The van der Waals surface area contributed by atoms with E-state index in [1.807, 2.05) is 12.1 Å². The lowest BCUT2D eigenvalue weighted by Gasteiger charge is -2.11. The van der Waals surface area contributed by atoms with Crippen LogP contribution in [0.5, 0.6) is 5.75 Å². The first-order valence-corrected chi connectivity index (χ1v) is 6.44. The van der Waals surface area contributed by atoms with Gasteiger partial charge >= 0.3 is 0 Å². The second-order valence-corrected chi connectivity index (χ2v) is 4.75. The number of benzene rings is 2. The van der Waals surface area contributed by atoms with Gasteiger partial charge in [0.1, 0.15) is 5.75 Å². The minimum absolute atomic E-state index is 0.142. The quantitative estimate of drug-likeness (QED) is 0.850. The highest BCUT2D eigenvalue weighted by atomic mass is 35.5. The molecule has 0 aliphatic rings. The molecule has 0 saturated heterocycles. The predicted molar refractivity (Wildman–Crippen MR) is 81.2 cm³/mol. The van der Waals surface area contributed by atoms with E-state index in [1.54, 1.807) is 37.4 Å². The molecule has 5 heteroatoms. The fraction of sp³-hybridized carbons (Fsp3) is 0.133. The monoisotopic (exact) mass is 290 g/mol. The molecule has 20 heavy (non-hydrogen) atoms. The molecule has 2 aromatic carbocycles. The normalized spacial score (nSPS) is 10.1. The molecule has 0 bridgehead atoms. The van der Waals surface area contributed by atoms with Crippen molar-refractivity contribution in [3.8, 4) is 5.75 Å². The average molecular weight is 291 g/mol. The molecular formula is C15H15ClN2O2. The SMILES string of the molecule is COc1ccc(N)cc1NC(=O)Cc1ccc(Cl)cc1. The molecule has 0 unspecified atom stereocenters. The number of nitrogen functional groups attached to an aromatic ring is 1. The van der Waals surface area contributed by atoms with E-state index in [9.17, 15) is 4.79 Å². The molecule has 2 rings (SSSR count). The molecule has 0 fully saturated rings. The number of hydrogen-bond donors (Lipinski definition) is 2. The number of carbonyl (C=O) groups is 1. The van der Waals surface area contributed by atoms with E-state index in [4.69, 9.17) is 22.1 Å². The zero-order chi connectivity index (χ0) is 14.5. The number of nitrogens with two attached hydrogens (primary N) is 1. The summed E-state index contributed by atoms with van der Waals surface area (Å²) < 4.78 is 5.18. The molecule has 2 aromatic rings. The third-order valence-corrected chi connectivity index (χ3v) is 3.03. The Hall–Kier alpha value is -2.20. The number of rotatable bonds is 4. The van der Waals surface area contributed by atoms with Gasteiger partial charge < -0.3 is 15.8 Å². The smallest absolute Gasteiger partial charge is 0.228 e. The van der Waals surface area contributed by atoms with Crippen LogP contribution in [0.1, 0.15) is 5.56 Å². The van der Waals surface area contributed by atoms with Crippen LogP contribution < -0.4 is 15.8 Å². The Balaban J connectivity index is 2.08. The highest BCUT2D eigenvalue weighted by molar-refractivity contribution is 6.30. The number of carbonyl (C=O) groups excluding carboxylic acids is 1. The molecule has 0 atom stereocenters. The second-order valence-electron chi connectivity index (χ2n) is 4.31. The van der Waals surface area contributed by atoms with Gasteiger partial charge in [0.05, 0.1) is 19.2 Å². The summed E-state index contributed by atoms with van der Waals surface area (Å²) in [6.07, 6.45) is 0.259. The first kappa shape index (κ1) is 14.2. The Kier molecular flexibility index (Phi) is 4.48. The van der Waals surface area contributed by atoms with E-state index in [1.165, 1.54) is 0 Å². The molecule has 0 radical (unpaired) electrons. The summed E-state index contributed by atoms with van der Waals surface area (Å²) in [7, 11) is 1.54. The Labute approximate surface area is 122 Å². The molecule has 4 nitrogen and oxygen atoms in total. The van der Waals surface area contributed by atoms with Gasteiger partial charge in [0.2, 0.25) is 5.91 Å². The Morgan fingerprint density at radius 3 is 2.60 bits per heavy atom. The summed E-state index contributed by atoms with van der Waals surface area (Å²) in [6.45, 7) is 0. The molecule has 3 N–H and O–H groups in total. The fourth-order valence-corrected chi connectivity index (χ4v) is 1.93. The van der Waals surface area contributed by atoms with Crippen LogP contribution in [-0.4, -0.2) is 13.0 Å². The minimum atomic E-state index is -0.142. The van der Waals surface area contributed by atoms with Gasteiger partial charge in [-0.15, -0.1) is 0 Å². The van der Waals surface area contributed by atoms with E-state index >= 15 is 0 Å². The summed E-state index contributed by atoms with van der Waals surface area (Å²) in [5.41, 5.74) is 7.71. The summed E-state index contributed by atoms with van der Waals surface area (Å²) in [4.78, 5) is 12.0. The number of ether oxygens (including phenoxy) is 1. The number of methoxy groups -OCH3 is 1. The molecule has 0 aromatic heterocycles. The molecule has 0 saturated carbocycles. The van der Waals surface area contributed by atoms with Crippen molar-refractivity contribution in [1.29, 1.82) is 0 Å². The van der Waals surface area contributed by atoms with Crippen molar-refractivity contribution in [2.75, 3.05) is 18.2 Å². The largest absolute Gasteiger partial charge is 0.495 e. The highest BCUT2D eigenvalue weighted by Crippen LogP contribution is 2.26. The lowest BCUT2D eigenvalue weighted by atomic mass is 10.1. The highest BCUT2D eigenvalue weighted by Gasteiger charge is 2.08. The maximum absolute atomic E-state index is 12.0. The van der Waals surface area contributed by atoms with Gasteiger partial charge in [0.15, 0.2) is 0 Å². The Morgan fingerprint density at radius 2 is 1.95 bits per heavy atom. The van der Waals surface area contributed by atoms with Gasteiger partial charge in [-0.05, 0) is 35.9 Å². The van der Waals surface area contributed by atoms with Gasteiger partial charge in [-0.2, -0.15) is 0 Å². The van der Waals surface area contributed by atoms with E-state index in [2.05, 4.69) is 5.32 Å². The van der Waals surface area contributed by atoms with Crippen molar-refractivity contribution in [2.45, 2.75) is 6.42 Å². The van der Waals surface area contributed by atoms with Crippen molar-refractivity contribution in [3.05, 3.63) is 53.1 Å². The fourth-order valence-electron chi connectivity index (χ4n) is 1.81. The molecule has 104 valence electrons. The lowest BCUT2D eigenvalue weighted by molar-refractivity contribution is -0.115. The predicted octanol–water partition coefficient (Wildman–Crippen LogP) is 3.11. The molecular weight excluding hydrogens is 276 g/mol. The number of anilines is 2. The molecule has 0 aliphatic carbocycles. The second kappa shape index (κ2) is 6.30. The van der Waals surface area contributed by atoms with Crippen molar-refractivity contribution in [1.82, 2.24) is 0 Å². The number of amides is 1. The van der Waals surface area contributed by atoms with Crippen molar-refractivity contribution in [2.24, 2.45) is 0 Å². The topological polar surface area (TPSA) is 64.3 Å². The van der Waals surface area contributed by atoms with Crippen LogP contribution in [0.25, 0.3) is 0 Å². The van der Waals surface area contributed by atoms with E-state index in [0.717, 1.165) is 5.56 Å². The van der Waals surface area contributed by atoms with Crippen LogP contribution in [0, 0.1) is 0 Å². The summed E-state index contributed by atoms with van der Waals surface area (Å²) >= 11 is 5.80. The first-order valence-electron chi connectivity index (χ1n) is 6.06. The number of hydrogen-bond acceptors (Lipinski definition) is 3. The van der Waals surface area contributed by atoms with Crippen molar-refractivity contribution >= 4 is 28.9 Å².